The van der Waals surface area contributed by atoms with Crippen LogP contribution in [0, 0.1) is 0 Å². The molecule has 1 unspecified atom stereocenters. The lowest BCUT2D eigenvalue weighted by atomic mass is 10.3. The highest BCUT2D eigenvalue weighted by Crippen LogP contribution is 2.33. The van der Waals surface area contributed by atoms with E-state index in [0.29, 0.717) is 5.75 Å². The zero-order chi connectivity index (χ0) is 8.97. The van der Waals surface area contributed by atoms with E-state index in [2.05, 4.69) is 4.52 Å². The van der Waals surface area contributed by atoms with Gasteiger partial charge in [-0.15, -0.1) is 4.89 Å². The highest BCUT2D eigenvalue weighted by molar-refractivity contribution is 14.1. The van der Waals surface area contributed by atoms with Crippen LogP contribution in [-0.2, 0) is 4.57 Å². The van der Waals surface area contributed by atoms with Gasteiger partial charge in [-0.1, -0.05) is 12.1 Å². The molecule has 12 heavy (non-hydrogen) atoms. The van der Waals surface area contributed by atoms with Crippen molar-refractivity contribution in [2.45, 2.75) is 0 Å². The van der Waals surface area contributed by atoms with E-state index in [1.54, 1.807) is 47.3 Å². The van der Waals surface area contributed by atoms with Crippen LogP contribution in [0.1, 0.15) is 0 Å². The summed E-state index contributed by atoms with van der Waals surface area (Å²) in [5.74, 6) is 0.686. The summed E-state index contributed by atoms with van der Waals surface area (Å²) in [6.07, 6.45) is 0. The van der Waals surface area contributed by atoms with Crippen LogP contribution in [0.15, 0.2) is 24.3 Å². The Labute approximate surface area is 84.1 Å². The molecule has 1 aromatic carbocycles. The summed E-state index contributed by atoms with van der Waals surface area (Å²) >= 11 is 1.67. The first-order chi connectivity index (χ1) is 5.74. The van der Waals surface area contributed by atoms with Crippen LogP contribution in [0.4, 0.5) is 0 Å². The lowest BCUT2D eigenvalue weighted by Gasteiger charge is -1.97. The van der Waals surface area contributed by atoms with Crippen molar-refractivity contribution in [1.82, 2.24) is 0 Å². The topological polar surface area (TPSA) is 55.8 Å². The van der Waals surface area contributed by atoms with Gasteiger partial charge in [0.2, 0.25) is 5.75 Å². The SMILES string of the molecule is O=[P+](O)Oc1ccccc1OI. The lowest BCUT2D eigenvalue weighted by Crippen LogP contribution is -1.83. The van der Waals surface area contributed by atoms with Crippen molar-refractivity contribution in [2.75, 3.05) is 0 Å². The molecule has 1 atom stereocenters. The summed E-state index contributed by atoms with van der Waals surface area (Å²) in [6, 6.07) is 6.62. The zero-order valence-corrected chi connectivity index (χ0v) is 8.86. The predicted octanol–water partition coefficient (Wildman–Crippen LogP) is 2.44. The number of halogens is 1. The van der Waals surface area contributed by atoms with E-state index in [1.165, 1.54) is 0 Å². The van der Waals surface area contributed by atoms with E-state index in [4.69, 9.17) is 7.96 Å². The highest BCUT2D eigenvalue weighted by atomic mass is 127. The molecule has 0 amide bonds. The first kappa shape index (κ1) is 9.70. The average Bonchev–Trinajstić information content (AvgIpc) is 2.04. The van der Waals surface area contributed by atoms with E-state index < -0.39 is 8.25 Å². The molecule has 1 rings (SSSR count). The van der Waals surface area contributed by atoms with Crippen molar-refractivity contribution < 1.29 is 17.0 Å². The molecule has 0 aliphatic carbocycles. The third-order valence-electron chi connectivity index (χ3n) is 1.11. The van der Waals surface area contributed by atoms with Crippen LogP contribution >= 0.6 is 31.3 Å². The van der Waals surface area contributed by atoms with E-state index >= 15 is 0 Å². The van der Waals surface area contributed by atoms with Crippen LogP contribution in [0.25, 0.3) is 0 Å². The molecule has 0 heterocycles. The van der Waals surface area contributed by atoms with Gasteiger partial charge in [-0.2, -0.15) is 0 Å². The van der Waals surface area contributed by atoms with E-state index in [0.717, 1.165) is 0 Å². The van der Waals surface area contributed by atoms with E-state index in [-0.39, 0.29) is 5.75 Å². The van der Waals surface area contributed by atoms with Gasteiger partial charge in [-0.05, 0) is 12.1 Å². The largest absolute Gasteiger partial charge is 0.747 e. The Morgan fingerprint density at radius 2 is 1.92 bits per heavy atom. The van der Waals surface area contributed by atoms with Crippen molar-refractivity contribution in [2.24, 2.45) is 0 Å². The normalized spacial score (nSPS) is 10.7. The molecule has 0 radical (unpaired) electrons. The van der Waals surface area contributed by atoms with Crippen LogP contribution in [0.3, 0.4) is 0 Å². The molecule has 0 spiro atoms. The molecule has 0 bridgehead atoms. The van der Waals surface area contributed by atoms with Crippen molar-refractivity contribution in [1.29, 1.82) is 0 Å². The van der Waals surface area contributed by atoms with Gasteiger partial charge in [0.05, 0.1) is 0 Å². The summed E-state index contributed by atoms with van der Waals surface area (Å²) < 4.78 is 19.7. The van der Waals surface area contributed by atoms with E-state index in [1.807, 2.05) is 0 Å². The van der Waals surface area contributed by atoms with Gasteiger partial charge in [0.25, 0.3) is 0 Å². The Hall–Kier alpha value is -0.390. The van der Waals surface area contributed by atoms with Crippen molar-refractivity contribution in [3.63, 3.8) is 0 Å². The molecular formula is C6H5IO4P+. The fraction of sp³-hybridized carbons (Fsp3) is 0. The van der Waals surface area contributed by atoms with Gasteiger partial charge < -0.3 is 3.07 Å². The quantitative estimate of drug-likeness (QED) is 0.688. The average molecular weight is 299 g/mol. The van der Waals surface area contributed by atoms with Gasteiger partial charge in [0.1, 0.15) is 0 Å². The molecule has 0 saturated heterocycles. The van der Waals surface area contributed by atoms with Gasteiger partial charge in [-0.25, -0.2) is 4.52 Å². The molecule has 1 N–H and O–H groups in total. The van der Waals surface area contributed by atoms with Crippen molar-refractivity contribution >= 4 is 31.3 Å². The Morgan fingerprint density at radius 3 is 2.42 bits per heavy atom. The Bertz CT molecular complexity index is 291. The van der Waals surface area contributed by atoms with Crippen LogP contribution in [-0.4, -0.2) is 4.89 Å². The zero-order valence-electron chi connectivity index (χ0n) is 5.81. The second kappa shape index (κ2) is 4.59. The Kier molecular flexibility index (Phi) is 3.71. The predicted molar refractivity (Wildman–Crippen MR) is 51.5 cm³/mol. The second-order valence-electron chi connectivity index (χ2n) is 1.85. The molecule has 4 nitrogen and oxygen atoms in total. The minimum absolute atomic E-state index is 0.260. The summed E-state index contributed by atoms with van der Waals surface area (Å²) in [5.41, 5.74) is 0. The van der Waals surface area contributed by atoms with Gasteiger partial charge >= 0.3 is 8.25 Å². The minimum Gasteiger partial charge on any atom is -0.423 e. The number of hydrogen-bond donors (Lipinski definition) is 1. The monoisotopic (exact) mass is 299 g/mol. The standard InChI is InChI=1S/C6H4IO4P/c7-10-5-3-1-2-4-6(5)11-12(8)9/h1-4H/p+1. The van der Waals surface area contributed by atoms with Gasteiger partial charge in [0, 0.05) is 4.57 Å². The van der Waals surface area contributed by atoms with E-state index in [9.17, 15) is 4.57 Å². The molecule has 1 aromatic rings. The maximum Gasteiger partial charge on any atom is 0.747 e. The number of hydrogen-bond acceptors (Lipinski definition) is 3. The Morgan fingerprint density at radius 1 is 1.33 bits per heavy atom. The smallest absolute Gasteiger partial charge is 0.423 e. The van der Waals surface area contributed by atoms with Crippen molar-refractivity contribution in [3.05, 3.63) is 24.3 Å². The third kappa shape index (κ3) is 2.58. The number of para-hydroxylation sites is 2. The summed E-state index contributed by atoms with van der Waals surface area (Å²) in [7, 11) is -2.63. The summed E-state index contributed by atoms with van der Waals surface area (Å²) in [5, 5.41) is 0. The van der Waals surface area contributed by atoms with Crippen LogP contribution < -0.4 is 7.59 Å². The molecule has 0 aliphatic heterocycles. The molecule has 0 aromatic heterocycles. The van der Waals surface area contributed by atoms with Gasteiger partial charge in [0.15, 0.2) is 28.8 Å². The molecule has 0 aliphatic rings. The molecular weight excluding hydrogens is 294 g/mol. The second-order valence-corrected chi connectivity index (χ2v) is 2.95. The maximum atomic E-state index is 10.3. The summed E-state index contributed by atoms with van der Waals surface area (Å²) in [6.45, 7) is 0. The fourth-order valence-electron chi connectivity index (χ4n) is 0.673. The Balaban J connectivity index is 2.89. The molecule has 0 fully saturated rings. The maximum absolute atomic E-state index is 10.3. The summed E-state index contributed by atoms with van der Waals surface area (Å²) in [4.78, 5) is 8.45. The third-order valence-corrected chi connectivity index (χ3v) is 1.94. The molecule has 6 heteroatoms. The lowest BCUT2D eigenvalue weighted by molar-refractivity contribution is 0.406. The first-order valence-corrected chi connectivity index (χ1v) is 4.97. The number of benzene rings is 1. The number of rotatable bonds is 3. The molecule has 0 saturated carbocycles. The van der Waals surface area contributed by atoms with Crippen LogP contribution in [0.2, 0.25) is 0 Å². The van der Waals surface area contributed by atoms with Crippen LogP contribution in [0.5, 0.6) is 11.5 Å². The first-order valence-electron chi connectivity index (χ1n) is 2.96. The van der Waals surface area contributed by atoms with Gasteiger partial charge in [-0.3, -0.25) is 0 Å². The van der Waals surface area contributed by atoms with Crippen molar-refractivity contribution in [3.8, 4) is 11.5 Å². The molecule has 64 valence electrons. The highest BCUT2D eigenvalue weighted by Gasteiger charge is 2.17. The minimum atomic E-state index is -2.63. The fourth-order valence-corrected chi connectivity index (χ4v) is 1.36.